The number of nitrogens with one attached hydrogen (secondary N) is 1. The number of carbonyl (C=O) groups excluding carboxylic acids is 1. The van der Waals surface area contributed by atoms with Gasteiger partial charge < -0.3 is 4.57 Å². The molecule has 4 heteroatoms. The number of aryl methyl sites for hydroxylation is 1. The zero-order chi connectivity index (χ0) is 16.4. The van der Waals surface area contributed by atoms with E-state index in [9.17, 15) is 4.79 Å². The van der Waals surface area contributed by atoms with E-state index in [2.05, 4.69) is 54.2 Å². The number of hydrogen-bond donors (Lipinski definition) is 2. The smallest absolute Gasteiger partial charge is 0.238 e. The van der Waals surface area contributed by atoms with Gasteiger partial charge in [-0.3, -0.25) is 10.2 Å². The molecule has 0 radical (unpaired) electrons. The van der Waals surface area contributed by atoms with Gasteiger partial charge in [0, 0.05) is 23.1 Å². The van der Waals surface area contributed by atoms with Gasteiger partial charge in [0.15, 0.2) is 0 Å². The van der Waals surface area contributed by atoms with Crippen LogP contribution in [0.3, 0.4) is 0 Å². The Morgan fingerprint density at radius 3 is 2.57 bits per heavy atom. The monoisotopic (exact) mass is 307 g/mol. The lowest BCUT2D eigenvalue weighted by molar-refractivity contribution is -0.120. The van der Waals surface area contributed by atoms with Gasteiger partial charge in [-0.05, 0) is 37.1 Å². The molecule has 0 bridgehead atoms. The van der Waals surface area contributed by atoms with E-state index in [0.717, 1.165) is 28.7 Å². The van der Waals surface area contributed by atoms with E-state index in [1.165, 1.54) is 11.1 Å². The Hall–Kier alpha value is -2.59. The molecule has 1 heterocycles. The second-order valence-electron chi connectivity index (χ2n) is 5.90. The fourth-order valence-electron chi connectivity index (χ4n) is 3.07. The molecule has 1 aromatic heterocycles. The summed E-state index contributed by atoms with van der Waals surface area (Å²) in [5.41, 5.74) is 7.96. The van der Waals surface area contributed by atoms with Gasteiger partial charge in [-0.25, -0.2) is 5.84 Å². The van der Waals surface area contributed by atoms with Crippen LogP contribution in [0.4, 0.5) is 0 Å². The number of aromatic nitrogens is 1. The summed E-state index contributed by atoms with van der Waals surface area (Å²) >= 11 is 0. The third kappa shape index (κ3) is 2.98. The first-order valence-corrected chi connectivity index (χ1v) is 7.72. The number of fused-ring (bicyclic) bond motifs is 1. The van der Waals surface area contributed by atoms with Gasteiger partial charge in [-0.15, -0.1) is 0 Å². The molecule has 0 fully saturated rings. The van der Waals surface area contributed by atoms with Gasteiger partial charge >= 0.3 is 0 Å². The van der Waals surface area contributed by atoms with Gasteiger partial charge in [-0.2, -0.15) is 0 Å². The number of carbonyl (C=O) groups is 1. The SMILES string of the molecule is Cc1ccc2c(c1)c(CC(=O)NN)c(C)n2Cc1ccccc1. The maximum absolute atomic E-state index is 11.8. The summed E-state index contributed by atoms with van der Waals surface area (Å²) < 4.78 is 2.27. The number of benzene rings is 2. The van der Waals surface area contributed by atoms with Gasteiger partial charge in [0.25, 0.3) is 0 Å². The molecule has 3 aromatic rings. The third-order valence-electron chi connectivity index (χ3n) is 4.29. The highest BCUT2D eigenvalue weighted by Crippen LogP contribution is 2.28. The van der Waals surface area contributed by atoms with Gasteiger partial charge in [0.05, 0.1) is 6.42 Å². The van der Waals surface area contributed by atoms with Gasteiger partial charge in [0.1, 0.15) is 0 Å². The Labute approximate surface area is 135 Å². The minimum absolute atomic E-state index is 0.173. The summed E-state index contributed by atoms with van der Waals surface area (Å²) in [5, 5.41) is 1.13. The third-order valence-corrected chi connectivity index (χ3v) is 4.29. The molecule has 0 aliphatic heterocycles. The van der Waals surface area contributed by atoms with Crippen molar-refractivity contribution >= 4 is 16.8 Å². The first-order chi connectivity index (χ1) is 11.1. The normalized spacial score (nSPS) is 10.9. The molecular weight excluding hydrogens is 286 g/mol. The molecular formula is C19H21N3O. The minimum Gasteiger partial charge on any atom is -0.340 e. The van der Waals surface area contributed by atoms with Crippen LogP contribution >= 0.6 is 0 Å². The topological polar surface area (TPSA) is 60.1 Å². The maximum Gasteiger partial charge on any atom is 0.238 e. The van der Waals surface area contributed by atoms with Crippen LogP contribution in [-0.4, -0.2) is 10.5 Å². The maximum atomic E-state index is 11.8. The number of hydrazine groups is 1. The van der Waals surface area contributed by atoms with Crippen LogP contribution in [0.5, 0.6) is 0 Å². The zero-order valence-electron chi connectivity index (χ0n) is 13.5. The molecule has 3 rings (SSSR count). The second-order valence-corrected chi connectivity index (χ2v) is 5.90. The van der Waals surface area contributed by atoms with Crippen LogP contribution in [0.2, 0.25) is 0 Å². The lowest BCUT2D eigenvalue weighted by Crippen LogP contribution is -2.31. The first-order valence-electron chi connectivity index (χ1n) is 7.72. The van der Waals surface area contributed by atoms with Crippen molar-refractivity contribution in [3.05, 3.63) is 70.9 Å². The highest BCUT2D eigenvalue weighted by molar-refractivity contribution is 5.91. The molecule has 0 unspecified atom stereocenters. The predicted molar refractivity (Wildman–Crippen MR) is 93.0 cm³/mol. The Morgan fingerprint density at radius 2 is 1.87 bits per heavy atom. The lowest BCUT2D eigenvalue weighted by atomic mass is 10.1. The number of amides is 1. The number of hydrogen-bond acceptors (Lipinski definition) is 2. The molecule has 0 atom stereocenters. The molecule has 0 aliphatic carbocycles. The van der Waals surface area contributed by atoms with Crippen molar-refractivity contribution in [3.8, 4) is 0 Å². The Balaban J connectivity index is 2.13. The van der Waals surface area contributed by atoms with E-state index >= 15 is 0 Å². The molecule has 23 heavy (non-hydrogen) atoms. The number of rotatable bonds is 4. The van der Waals surface area contributed by atoms with E-state index in [-0.39, 0.29) is 5.91 Å². The van der Waals surface area contributed by atoms with E-state index in [4.69, 9.17) is 5.84 Å². The van der Waals surface area contributed by atoms with Crippen molar-refractivity contribution in [1.82, 2.24) is 9.99 Å². The van der Waals surface area contributed by atoms with Crippen LogP contribution in [0.15, 0.2) is 48.5 Å². The largest absolute Gasteiger partial charge is 0.340 e. The Morgan fingerprint density at radius 1 is 1.13 bits per heavy atom. The average Bonchev–Trinajstić information content (AvgIpc) is 2.81. The summed E-state index contributed by atoms with van der Waals surface area (Å²) in [5.74, 6) is 5.10. The van der Waals surface area contributed by atoms with Crippen molar-refractivity contribution in [2.24, 2.45) is 5.84 Å². The quantitative estimate of drug-likeness (QED) is 0.442. The first kappa shape index (κ1) is 15.3. The van der Waals surface area contributed by atoms with Crippen molar-refractivity contribution in [2.45, 2.75) is 26.8 Å². The van der Waals surface area contributed by atoms with Crippen LogP contribution in [0.25, 0.3) is 10.9 Å². The molecule has 3 N–H and O–H groups in total. The second kappa shape index (κ2) is 6.26. The fourth-order valence-corrected chi connectivity index (χ4v) is 3.07. The molecule has 4 nitrogen and oxygen atoms in total. The predicted octanol–water partition coefficient (Wildman–Crippen LogP) is 2.84. The summed E-state index contributed by atoms with van der Waals surface area (Å²) in [6.45, 7) is 4.92. The van der Waals surface area contributed by atoms with Crippen LogP contribution < -0.4 is 11.3 Å². The van der Waals surface area contributed by atoms with E-state index in [1.807, 2.05) is 18.2 Å². The summed E-state index contributed by atoms with van der Waals surface area (Å²) in [4.78, 5) is 11.8. The van der Waals surface area contributed by atoms with Crippen molar-refractivity contribution in [1.29, 1.82) is 0 Å². The highest BCUT2D eigenvalue weighted by Gasteiger charge is 2.16. The Bertz CT molecular complexity index is 850. The van der Waals surface area contributed by atoms with E-state index in [0.29, 0.717) is 6.42 Å². The molecule has 0 spiro atoms. The molecule has 118 valence electrons. The highest BCUT2D eigenvalue weighted by atomic mass is 16.2. The molecule has 2 aromatic carbocycles. The van der Waals surface area contributed by atoms with Crippen LogP contribution in [-0.2, 0) is 17.8 Å². The molecule has 0 aliphatic rings. The summed E-state index contributed by atoms with van der Waals surface area (Å²) in [7, 11) is 0. The fraction of sp³-hybridized carbons (Fsp3) is 0.211. The minimum atomic E-state index is -0.173. The number of nitrogens with two attached hydrogens (primary N) is 1. The average molecular weight is 307 g/mol. The van der Waals surface area contributed by atoms with E-state index in [1.54, 1.807) is 0 Å². The summed E-state index contributed by atoms with van der Waals surface area (Å²) in [6.07, 6.45) is 0.296. The van der Waals surface area contributed by atoms with E-state index < -0.39 is 0 Å². The van der Waals surface area contributed by atoms with Crippen molar-refractivity contribution in [3.63, 3.8) is 0 Å². The van der Waals surface area contributed by atoms with Crippen molar-refractivity contribution < 1.29 is 4.79 Å². The molecule has 0 saturated heterocycles. The molecule has 0 saturated carbocycles. The zero-order valence-corrected chi connectivity index (χ0v) is 13.5. The van der Waals surface area contributed by atoms with Crippen LogP contribution in [0, 0.1) is 13.8 Å². The summed E-state index contributed by atoms with van der Waals surface area (Å²) in [6, 6.07) is 16.7. The Kier molecular flexibility index (Phi) is 4.17. The van der Waals surface area contributed by atoms with Crippen molar-refractivity contribution in [2.75, 3.05) is 0 Å². The van der Waals surface area contributed by atoms with Crippen LogP contribution in [0.1, 0.15) is 22.4 Å². The van der Waals surface area contributed by atoms with Gasteiger partial charge in [0.2, 0.25) is 5.91 Å². The molecule has 1 amide bonds. The standard InChI is InChI=1S/C19H21N3O/c1-13-8-9-18-17(10-13)16(11-19(23)21-20)14(2)22(18)12-15-6-4-3-5-7-15/h3-10H,11-12,20H2,1-2H3,(H,21,23). The van der Waals surface area contributed by atoms with Gasteiger partial charge in [-0.1, -0.05) is 42.0 Å². The number of nitrogens with zero attached hydrogens (tertiary/aromatic N) is 1. The lowest BCUT2D eigenvalue weighted by Gasteiger charge is -2.09.